The predicted octanol–water partition coefficient (Wildman–Crippen LogP) is 5.20. The molecule has 0 aromatic carbocycles. The van der Waals surface area contributed by atoms with E-state index >= 15 is 0 Å². The summed E-state index contributed by atoms with van der Waals surface area (Å²) in [6.45, 7) is 13.3. The summed E-state index contributed by atoms with van der Waals surface area (Å²) in [5.41, 5.74) is 0. The Labute approximate surface area is 124 Å². The van der Waals surface area contributed by atoms with Gasteiger partial charge in [0, 0.05) is 0 Å². The van der Waals surface area contributed by atoms with Crippen LogP contribution in [0.1, 0.15) is 66.2 Å². The van der Waals surface area contributed by atoms with Crippen LogP contribution in [-0.4, -0.2) is 46.0 Å². The molecule has 0 atom stereocenters. The quantitative estimate of drug-likeness (QED) is 0.409. The first kappa shape index (κ1) is 18.8. The van der Waals surface area contributed by atoms with E-state index in [1.165, 1.54) is 58.2 Å². The standard InChI is InChI=1S/C10H22N.2C3H7.In/c1-4-7-10-11(8-5-2)9-6-3;2*1-3-2;/h1,4-10H2,2-3H3;2*1,3H2,2H3;. The number of hydrogen-bond donors (Lipinski definition) is 0. The Morgan fingerprint density at radius 2 is 1.17 bits per heavy atom. The van der Waals surface area contributed by atoms with Crippen molar-refractivity contribution in [3.63, 3.8) is 0 Å². The Morgan fingerprint density at radius 3 is 1.61 bits per heavy atom. The van der Waals surface area contributed by atoms with E-state index in [1.807, 2.05) is 0 Å². The van der Waals surface area contributed by atoms with Crippen molar-refractivity contribution in [1.29, 1.82) is 0 Å². The van der Waals surface area contributed by atoms with E-state index in [-0.39, 0.29) is 0 Å². The molecular formula is C16H36InN. The van der Waals surface area contributed by atoms with Crippen LogP contribution in [0.5, 0.6) is 0 Å². The van der Waals surface area contributed by atoms with Gasteiger partial charge in [0.15, 0.2) is 0 Å². The second kappa shape index (κ2) is 14.2. The molecule has 0 fully saturated rings. The van der Waals surface area contributed by atoms with Gasteiger partial charge >= 0.3 is 125 Å². The molecule has 0 heterocycles. The monoisotopic (exact) mass is 357 g/mol. The summed E-state index contributed by atoms with van der Waals surface area (Å²) in [6.07, 6.45) is 8.53. The van der Waals surface area contributed by atoms with Crippen LogP contribution < -0.4 is 0 Å². The summed E-state index contributed by atoms with van der Waals surface area (Å²) in [6, 6.07) is 0. The van der Waals surface area contributed by atoms with Gasteiger partial charge in [0.1, 0.15) is 0 Å². The summed E-state index contributed by atoms with van der Waals surface area (Å²) in [5.74, 6) is 0. The first-order valence-electron chi connectivity index (χ1n) is 8.50. The third-order valence-corrected chi connectivity index (χ3v) is 15.3. The summed E-state index contributed by atoms with van der Waals surface area (Å²) in [7, 11) is 0. The molecule has 18 heavy (non-hydrogen) atoms. The van der Waals surface area contributed by atoms with Crippen molar-refractivity contribution in [1.82, 2.24) is 4.90 Å². The third-order valence-electron chi connectivity index (χ3n) is 3.81. The van der Waals surface area contributed by atoms with Crippen LogP contribution in [-0.2, 0) is 0 Å². The Kier molecular flexibility index (Phi) is 14.9. The normalized spacial score (nSPS) is 11.2. The maximum absolute atomic E-state index is 2.67. The fraction of sp³-hybridized carbons (Fsp3) is 1.00. The number of unbranched alkanes of at least 4 members (excludes halogenated alkanes) is 1. The van der Waals surface area contributed by atoms with E-state index in [0.717, 1.165) is 0 Å². The predicted molar refractivity (Wildman–Crippen MR) is 87.0 cm³/mol. The van der Waals surface area contributed by atoms with Gasteiger partial charge in [-0.1, -0.05) is 0 Å². The van der Waals surface area contributed by atoms with Crippen LogP contribution in [0, 0.1) is 0 Å². The Hall–Kier alpha value is 0.830. The van der Waals surface area contributed by atoms with Gasteiger partial charge in [-0.2, -0.15) is 0 Å². The van der Waals surface area contributed by atoms with Crippen molar-refractivity contribution in [3.05, 3.63) is 0 Å². The molecule has 0 amide bonds. The van der Waals surface area contributed by atoms with Crippen LogP contribution in [0.15, 0.2) is 0 Å². The Morgan fingerprint density at radius 1 is 0.611 bits per heavy atom. The molecule has 0 aromatic heterocycles. The molecule has 2 heteroatoms. The van der Waals surface area contributed by atoms with Gasteiger partial charge < -0.3 is 0 Å². The summed E-state index contributed by atoms with van der Waals surface area (Å²) in [5, 5.41) is 0. The zero-order valence-electron chi connectivity index (χ0n) is 13.5. The molecule has 0 spiro atoms. The van der Waals surface area contributed by atoms with Crippen LogP contribution in [0.3, 0.4) is 0 Å². The third kappa shape index (κ3) is 10.7. The van der Waals surface area contributed by atoms with Crippen LogP contribution in [0.2, 0.25) is 12.5 Å². The van der Waals surface area contributed by atoms with E-state index < -0.39 is 21.4 Å². The Balaban J connectivity index is 3.66. The molecule has 0 aromatic rings. The van der Waals surface area contributed by atoms with E-state index in [0.29, 0.717) is 0 Å². The van der Waals surface area contributed by atoms with Crippen molar-refractivity contribution >= 4 is 21.4 Å². The molecule has 0 saturated heterocycles. The van der Waals surface area contributed by atoms with E-state index in [4.69, 9.17) is 0 Å². The van der Waals surface area contributed by atoms with E-state index in [9.17, 15) is 0 Å². The molecule has 0 aliphatic rings. The molecule has 108 valence electrons. The van der Waals surface area contributed by atoms with Crippen LogP contribution in [0.4, 0.5) is 0 Å². The van der Waals surface area contributed by atoms with Crippen LogP contribution in [0.25, 0.3) is 0 Å². The molecule has 0 bridgehead atoms. The summed E-state index contributed by atoms with van der Waals surface area (Å²) < 4.78 is 4.99. The molecule has 0 unspecified atom stereocenters. The molecule has 0 N–H and O–H groups in total. The summed E-state index contributed by atoms with van der Waals surface area (Å²) >= 11 is -1.04. The minimum atomic E-state index is -1.04. The fourth-order valence-corrected chi connectivity index (χ4v) is 12.6. The molecule has 0 rings (SSSR count). The molecule has 0 saturated carbocycles. The minimum absolute atomic E-state index is 1.04. The summed E-state index contributed by atoms with van der Waals surface area (Å²) in [4.78, 5) is 2.67. The van der Waals surface area contributed by atoms with Crippen LogP contribution >= 0.6 is 0 Å². The first-order chi connectivity index (χ1) is 8.78. The van der Waals surface area contributed by atoms with Crippen molar-refractivity contribution < 1.29 is 0 Å². The first-order valence-corrected chi connectivity index (χ1v) is 15.5. The fourth-order valence-electron chi connectivity index (χ4n) is 2.99. The second-order valence-electron chi connectivity index (χ2n) is 5.78. The zero-order valence-corrected chi connectivity index (χ0v) is 16.8. The number of nitrogens with zero attached hydrogens (tertiary/aromatic N) is 1. The van der Waals surface area contributed by atoms with E-state index in [1.54, 1.807) is 12.5 Å². The molecule has 0 aliphatic carbocycles. The van der Waals surface area contributed by atoms with Crippen molar-refractivity contribution in [2.24, 2.45) is 0 Å². The van der Waals surface area contributed by atoms with Gasteiger partial charge in [0.2, 0.25) is 0 Å². The van der Waals surface area contributed by atoms with Crippen molar-refractivity contribution in [3.8, 4) is 0 Å². The van der Waals surface area contributed by atoms with Gasteiger partial charge in [-0.3, -0.25) is 0 Å². The second-order valence-corrected chi connectivity index (χ2v) is 15.7. The van der Waals surface area contributed by atoms with Crippen molar-refractivity contribution in [2.45, 2.75) is 78.8 Å². The Bertz CT molecular complexity index is 131. The van der Waals surface area contributed by atoms with Gasteiger partial charge in [-0.05, 0) is 0 Å². The zero-order chi connectivity index (χ0) is 13.6. The number of hydrogen-bond acceptors (Lipinski definition) is 1. The average molecular weight is 357 g/mol. The van der Waals surface area contributed by atoms with Gasteiger partial charge in [0.05, 0.1) is 0 Å². The molecule has 0 aliphatic heterocycles. The van der Waals surface area contributed by atoms with Gasteiger partial charge in [0.25, 0.3) is 0 Å². The van der Waals surface area contributed by atoms with Gasteiger partial charge in [-0.25, -0.2) is 0 Å². The SMILES string of the molecule is CCCN(CCC)CCC[CH2][In]([CH2]CC)[CH2]CC. The number of rotatable bonds is 13. The molecule has 1 nitrogen and oxygen atoms in total. The van der Waals surface area contributed by atoms with Crippen molar-refractivity contribution in [2.75, 3.05) is 19.6 Å². The maximum atomic E-state index is 2.67. The molecule has 0 radical (unpaired) electrons. The topological polar surface area (TPSA) is 3.24 Å². The molecular weight excluding hydrogens is 321 g/mol. The van der Waals surface area contributed by atoms with Gasteiger partial charge in [-0.15, -0.1) is 0 Å². The average Bonchev–Trinajstić information content (AvgIpc) is 2.35. The van der Waals surface area contributed by atoms with E-state index in [2.05, 4.69) is 32.6 Å².